The first-order valence-electron chi connectivity index (χ1n) is 5.35. The predicted molar refractivity (Wildman–Crippen MR) is 63.9 cm³/mol. The Morgan fingerprint density at radius 3 is 2.47 bits per heavy atom. The van der Waals surface area contributed by atoms with Gasteiger partial charge in [0.1, 0.15) is 12.3 Å². The highest BCUT2D eigenvalue weighted by Crippen LogP contribution is 2.17. The maximum atomic E-state index is 11.1. The lowest BCUT2D eigenvalue weighted by molar-refractivity contribution is -0.384. The number of carbonyl (C=O) groups is 2. The molecule has 0 saturated heterocycles. The van der Waals surface area contributed by atoms with E-state index in [-0.39, 0.29) is 18.7 Å². The molecule has 0 unspecified atom stereocenters. The second-order valence-electron chi connectivity index (χ2n) is 3.52. The van der Waals surface area contributed by atoms with Crippen molar-refractivity contribution in [1.82, 2.24) is 5.32 Å². The van der Waals surface area contributed by atoms with Crippen molar-refractivity contribution in [2.24, 2.45) is 0 Å². The minimum atomic E-state index is -1.12. The fourth-order valence-electron chi connectivity index (χ4n) is 1.19. The van der Waals surface area contributed by atoms with Crippen LogP contribution in [0.5, 0.6) is 5.75 Å². The monoisotopic (exact) mass is 268 g/mol. The van der Waals surface area contributed by atoms with Gasteiger partial charge in [-0.05, 0) is 12.1 Å². The van der Waals surface area contributed by atoms with Crippen LogP contribution >= 0.6 is 0 Å². The zero-order chi connectivity index (χ0) is 14.3. The second-order valence-corrected chi connectivity index (χ2v) is 3.52. The number of hydrogen-bond acceptors (Lipinski definition) is 5. The molecule has 0 aliphatic carbocycles. The molecule has 8 nitrogen and oxygen atoms in total. The lowest BCUT2D eigenvalue weighted by Gasteiger charge is -2.05. The summed E-state index contributed by atoms with van der Waals surface area (Å²) in [4.78, 5) is 31.2. The summed E-state index contributed by atoms with van der Waals surface area (Å²) < 4.78 is 5.19. The van der Waals surface area contributed by atoms with E-state index in [1.54, 1.807) is 0 Å². The van der Waals surface area contributed by atoms with Gasteiger partial charge in [0.25, 0.3) is 5.69 Å². The van der Waals surface area contributed by atoms with Gasteiger partial charge in [0, 0.05) is 12.1 Å². The molecular formula is C11H12N2O6. The predicted octanol–water partition coefficient (Wildman–Crippen LogP) is 0.564. The fraction of sp³-hybridized carbons (Fsp3) is 0.273. The van der Waals surface area contributed by atoms with Crippen LogP contribution in [0.25, 0.3) is 0 Å². The van der Waals surface area contributed by atoms with Gasteiger partial charge in [-0.25, -0.2) is 0 Å². The lowest BCUT2D eigenvalue weighted by Crippen LogP contribution is -2.30. The van der Waals surface area contributed by atoms with Crippen molar-refractivity contribution in [1.29, 1.82) is 0 Å². The molecule has 0 aromatic heterocycles. The number of rotatable bonds is 7. The number of nitrogens with one attached hydrogen (secondary N) is 1. The number of aliphatic carboxylic acids is 1. The van der Waals surface area contributed by atoms with Crippen molar-refractivity contribution in [3.8, 4) is 5.75 Å². The van der Waals surface area contributed by atoms with E-state index in [0.717, 1.165) is 0 Å². The molecule has 8 heteroatoms. The van der Waals surface area contributed by atoms with E-state index in [2.05, 4.69) is 5.32 Å². The summed E-state index contributed by atoms with van der Waals surface area (Å²) in [7, 11) is 0. The maximum absolute atomic E-state index is 11.1. The van der Waals surface area contributed by atoms with E-state index in [9.17, 15) is 19.7 Å². The van der Waals surface area contributed by atoms with Crippen molar-refractivity contribution < 1.29 is 24.4 Å². The molecule has 0 atom stereocenters. The Bertz CT molecular complexity index is 471. The average molecular weight is 268 g/mol. The molecule has 1 aromatic rings. The molecule has 1 amide bonds. The summed E-state index contributed by atoms with van der Waals surface area (Å²) in [6.07, 6.45) is 0.00423. The van der Waals surface area contributed by atoms with Gasteiger partial charge >= 0.3 is 5.97 Å². The Morgan fingerprint density at radius 2 is 1.95 bits per heavy atom. The maximum Gasteiger partial charge on any atom is 0.322 e. The van der Waals surface area contributed by atoms with E-state index in [4.69, 9.17) is 9.84 Å². The third kappa shape index (κ3) is 5.48. The second kappa shape index (κ2) is 6.94. The Kier molecular flexibility index (Phi) is 5.27. The van der Waals surface area contributed by atoms with Crippen LogP contribution in [0.3, 0.4) is 0 Å². The van der Waals surface area contributed by atoms with Gasteiger partial charge in [-0.3, -0.25) is 19.7 Å². The van der Waals surface area contributed by atoms with Gasteiger partial charge in [-0.1, -0.05) is 0 Å². The first kappa shape index (κ1) is 14.4. The summed E-state index contributed by atoms with van der Waals surface area (Å²) >= 11 is 0. The minimum Gasteiger partial charge on any atom is -0.493 e. The van der Waals surface area contributed by atoms with Gasteiger partial charge in [0.2, 0.25) is 5.91 Å². The highest BCUT2D eigenvalue weighted by molar-refractivity contribution is 5.81. The quantitative estimate of drug-likeness (QED) is 0.551. The SMILES string of the molecule is O=C(O)CNC(=O)CCOc1ccc([N+](=O)[O-])cc1. The Balaban J connectivity index is 2.31. The summed E-state index contributed by atoms with van der Waals surface area (Å²) in [5, 5.41) is 20.9. The summed E-state index contributed by atoms with van der Waals surface area (Å²) in [6.45, 7) is -0.375. The van der Waals surface area contributed by atoms with Gasteiger partial charge in [0.05, 0.1) is 18.0 Å². The molecule has 1 rings (SSSR count). The molecule has 0 heterocycles. The molecular weight excluding hydrogens is 256 g/mol. The molecule has 2 N–H and O–H groups in total. The van der Waals surface area contributed by atoms with Crippen LogP contribution < -0.4 is 10.1 Å². The van der Waals surface area contributed by atoms with Crippen molar-refractivity contribution in [2.75, 3.05) is 13.2 Å². The first-order valence-corrected chi connectivity index (χ1v) is 5.35. The number of carboxylic acids is 1. The Labute approximate surface area is 108 Å². The number of benzene rings is 1. The van der Waals surface area contributed by atoms with Gasteiger partial charge in [-0.2, -0.15) is 0 Å². The average Bonchev–Trinajstić information content (AvgIpc) is 2.37. The van der Waals surface area contributed by atoms with E-state index >= 15 is 0 Å². The van der Waals surface area contributed by atoms with E-state index in [0.29, 0.717) is 5.75 Å². The number of non-ortho nitro benzene ring substituents is 1. The molecule has 0 spiro atoms. The van der Waals surface area contributed by atoms with E-state index in [1.165, 1.54) is 24.3 Å². The largest absolute Gasteiger partial charge is 0.493 e. The topological polar surface area (TPSA) is 119 Å². The molecule has 1 aromatic carbocycles. The molecule has 0 radical (unpaired) electrons. The standard InChI is InChI=1S/C11H12N2O6/c14-10(12-7-11(15)16)5-6-19-9-3-1-8(2-4-9)13(17)18/h1-4H,5-7H2,(H,12,14)(H,15,16). The van der Waals surface area contributed by atoms with Gasteiger partial charge in [-0.15, -0.1) is 0 Å². The third-order valence-corrected chi connectivity index (χ3v) is 2.08. The van der Waals surface area contributed by atoms with Crippen LogP contribution in [-0.4, -0.2) is 35.1 Å². The van der Waals surface area contributed by atoms with E-state index < -0.39 is 23.3 Å². The van der Waals surface area contributed by atoms with Crippen LogP contribution in [0.2, 0.25) is 0 Å². The zero-order valence-corrected chi connectivity index (χ0v) is 9.87. The van der Waals surface area contributed by atoms with Crippen molar-refractivity contribution >= 4 is 17.6 Å². The number of hydrogen-bond donors (Lipinski definition) is 2. The number of carbonyl (C=O) groups excluding carboxylic acids is 1. The fourth-order valence-corrected chi connectivity index (χ4v) is 1.19. The normalized spacial score (nSPS) is 9.68. The van der Waals surface area contributed by atoms with Crippen molar-refractivity contribution in [2.45, 2.75) is 6.42 Å². The zero-order valence-electron chi connectivity index (χ0n) is 9.87. The highest BCUT2D eigenvalue weighted by atomic mass is 16.6. The number of nitro groups is 1. The van der Waals surface area contributed by atoms with Gasteiger partial charge in [0.15, 0.2) is 0 Å². The van der Waals surface area contributed by atoms with Crippen molar-refractivity contribution in [3.05, 3.63) is 34.4 Å². The summed E-state index contributed by atoms with van der Waals surface area (Å²) in [6, 6.07) is 5.43. The number of ether oxygens (including phenoxy) is 1. The van der Waals surface area contributed by atoms with Crippen LogP contribution in [-0.2, 0) is 9.59 Å². The molecule has 0 fully saturated rings. The Hall–Kier alpha value is -2.64. The molecule has 0 saturated carbocycles. The Morgan fingerprint density at radius 1 is 1.32 bits per heavy atom. The smallest absolute Gasteiger partial charge is 0.322 e. The first-order chi connectivity index (χ1) is 8.99. The number of carboxylic acid groups (broad SMARTS) is 1. The number of nitrogens with zero attached hydrogens (tertiary/aromatic N) is 1. The van der Waals surface area contributed by atoms with Crippen LogP contribution in [0.15, 0.2) is 24.3 Å². The summed E-state index contributed by atoms with van der Waals surface area (Å²) in [5.74, 6) is -1.16. The molecule has 19 heavy (non-hydrogen) atoms. The van der Waals surface area contributed by atoms with E-state index in [1.807, 2.05) is 0 Å². The molecule has 0 aliphatic heterocycles. The number of nitro benzene ring substituents is 1. The molecule has 102 valence electrons. The van der Waals surface area contributed by atoms with Crippen molar-refractivity contribution in [3.63, 3.8) is 0 Å². The highest BCUT2D eigenvalue weighted by Gasteiger charge is 2.06. The molecule has 0 bridgehead atoms. The minimum absolute atomic E-state index is 0.00423. The van der Waals surface area contributed by atoms with Gasteiger partial charge < -0.3 is 15.2 Å². The molecule has 0 aliphatic rings. The lowest BCUT2D eigenvalue weighted by atomic mass is 10.3. The number of amides is 1. The summed E-state index contributed by atoms with van der Waals surface area (Å²) in [5.41, 5.74) is -0.0495. The van der Waals surface area contributed by atoms with Crippen LogP contribution in [0.1, 0.15) is 6.42 Å². The third-order valence-electron chi connectivity index (χ3n) is 2.08. The van der Waals surface area contributed by atoms with Crippen LogP contribution in [0.4, 0.5) is 5.69 Å². The van der Waals surface area contributed by atoms with Crippen LogP contribution in [0, 0.1) is 10.1 Å².